The molecule has 0 saturated carbocycles. The first-order valence-corrected chi connectivity index (χ1v) is 2.87. The van der Waals surface area contributed by atoms with E-state index in [1.807, 2.05) is 0 Å². The van der Waals surface area contributed by atoms with Crippen LogP contribution in [0, 0.1) is 5.92 Å². The van der Waals surface area contributed by atoms with E-state index in [0.717, 1.165) is 12.0 Å². The summed E-state index contributed by atoms with van der Waals surface area (Å²) in [5.41, 5.74) is 0. The second-order valence-electron chi connectivity index (χ2n) is 2.36. The van der Waals surface area contributed by atoms with Gasteiger partial charge < -0.3 is 5.32 Å². The molecule has 0 aromatic rings. The van der Waals surface area contributed by atoms with Crippen molar-refractivity contribution in [2.45, 2.75) is 12.5 Å². The topological polar surface area (TPSA) is 12.0 Å². The van der Waals surface area contributed by atoms with Crippen molar-refractivity contribution in [3.05, 3.63) is 12.2 Å². The van der Waals surface area contributed by atoms with Gasteiger partial charge in [-0.2, -0.15) is 0 Å². The Hall–Kier alpha value is -0.300. The van der Waals surface area contributed by atoms with Gasteiger partial charge in [0.2, 0.25) is 0 Å². The highest BCUT2D eigenvalue weighted by Crippen LogP contribution is 2.24. The Bertz CT molecular complexity index is 107. The van der Waals surface area contributed by atoms with Gasteiger partial charge in [-0.3, -0.25) is 0 Å². The predicted molar refractivity (Wildman–Crippen MR) is 29.0 cm³/mol. The third kappa shape index (κ3) is 0.361. The highest BCUT2D eigenvalue weighted by molar-refractivity contribution is 5.11. The van der Waals surface area contributed by atoms with Gasteiger partial charge in [0.25, 0.3) is 0 Å². The molecule has 1 N–H and O–H groups in total. The maximum atomic E-state index is 3.32. The second-order valence-corrected chi connectivity index (χ2v) is 2.36. The molecule has 38 valence electrons. The zero-order valence-electron chi connectivity index (χ0n) is 4.22. The molecule has 0 spiro atoms. The Morgan fingerprint density at radius 2 is 2.57 bits per heavy atom. The van der Waals surface area contributed by atoms with Gasteiger partial charge in [0.15, 0.2) is 0 Å². The molecule has 2 unspecified atom stereocenters. The summed E-state index contributed by atoms with van der Waals surface area (Å²) < 4.78 is 0. The van der Waals surface area contributed by atoms with E-state index < -0.39 is 0 Å². The molecule has 1 aliphatic carbocycles. The Kier molecular flexibility index (Phi) is 0.577. The minimum absolute atomic E-state index is 0.764. The Morgan fingerprint density at radius 1 is 1.57 bits per heavy atom. The van der Waals surface area contributed by atoms with Crippen LogP contribution >= 0.6 is 0 Å². The fourth-order valence-corrected chi connectivity index (χ4v) is 1.28. The molecule has 0 radical (unpaired) electrons. The molecule has 1 heteroatoms. The van der Waals surface area contributed by atoms with E-state index in [1.165, 1.54) is 13.0 Å². The first-order chi connectivity index (χ1) is 3.47. The van der Waals surface area contributed by atoms with Crippen LogP contribution < -0.4 is 5.32 Å². The van der Waals surface area contributed by atoms with Gasteiger partial charge in [0, 0.05) is 12.6 Å². The van der Waals surface area contributed by atoms with Crippen molar-refractivity contribution in [2.24, 2.45) is 5.92 Å². The summed E-state index contributed by atoms with van der Waals surface area (Å²) in [5, 5.41) is 3.32. The summed E-state index contributed by atoms with van der Waals surface area (Å²) in [6, 6.07) is 0.764. The molecule has 1 fully saturated rings. The Morgan fingerprint density at radius 3 is 2.86 bits per heavy atom. The third-order valence-electron chi connectivity index (χ3n) is 1.91. The lowest BCUT2D eigenvalue weighted by molar-refractivity contribution is 0.300. The van der Waals surface area contributed by atoms with Crippen LogP contribution in [0.25, 0.3) is 0 Å². The van der Waals surface area contributed by atoms with Crippen LogP contribution in [0.4, 0.5) is 0 Å². The zero-order valence-corrected chi connectivity index (χ0v) is 4.22. The van der Waals surface area contributed by atoms with E-state index >= 15 is 0 Å². The van der Waals surface area contributed by atoms with E-state index in [-0.39, 0.29) is 0 Å². The normalized spacial score (nSPS) is 45.7. The van der Waals surface area contributed by atoms with E-state index in [0.29, 0.717) is 0 Å². The minimum Gasteiger partial charge on any atom is -0.310 e. The monoisotopic (exact) mass is 95.1 g/mol. The third-order valence-corrected chi connectivity index (χ3v) is 1.91. The van der Waals surface area contributed by atoms with Crippen LogP contribution in [-0.2, 0) is 0 Å². The van der Waals surface area contributed by atoms with Crippen LogP contribution in [0.2, 0.25) is 0 Å². The van der Waals surface area contributed by atoms with Crippen LogP contribution in [0.3, 0.4) is 0 Å². The second kappa shape index (κ2) is 1.10. The molecule has 0 aromatic carbocycles. The molecular weight excluding hydrogens is 86.1 g/mol. The van der Waals surface area contributed by atoms with Crippen molar-refractivity contribution < 1.29 is 0 Å². The van der Waals surface area contributed by atoms with Crippen LogP contribution in [-0.4, -0.2) is 12.6 Å². The van der Waals surface area contributed by atoms with Gasteiger partial charge in [-0.05, 0) is 12.3 Å². The lowest BCUT2D eigenvalue weighted by atomic mass is 9.95. The number of rotatable bonds is 0. The summed E-state index contributed by atoms with van der Waals surface area (Å²) in [6.45, 7) is 1.25. The smallest absolute Gasteiger partial charge is 0.0293 e. The molecule has 7 heavy (non-hydrogen) atoms. The van der Waals surface area contributed by atoms with Crippen molar-refractivity contribution in [3.8, 4) is 0 Å². The summed E-state index contributed by atoms with van der Waals surface area (Å²) in [4.78, 5) is 0. The molecule has 1 aliphatic heterocycles. The molecule has 0 amide bonds. The number of allylic oxidation sites excluding steroid dienone is 1. The average Bonchev–Trinajstić information content (AvgIpc) is 1.85. The van der Waals surface area contributed by atoms with Gasteiger partial charge in [0.1, 0.15) is 0 Å². The maximum Gasteiger partial charge on any atom is 0.0293 e. The van der Waals surface area contributed by atoms with E-state index in [9.17, 15) is 0 Å². The van der Waals surface area contributed by atoms with Gasteiger partial charge >= 0.3 is 0 Å². The molecule has 0 bridgehead atoms. The SMILES string of the molecule is C1=CC2NCC2C1. The van der Waals surface area contributed by atoms with E-state index in [4.69, 9.17) is 0 Å². The number of hydrogen-bond acceptors (Lipinski definition) is 1. The van der Waals surface area contributed by atoms with E-state index in [1.54, 1.807) is 0 Å². The van der Waals surface area contributed by atoms with Crippen LogP contribution in [0.5, 0.6) is 0 Å². The molecular formula is C6H9N. The summed E-state index contributed by atoms with van der Waals surface area (Å²) in [6.07, 6.45) is 5.86. The first-order valence-electron chi connectivity index (χ1n) is 2.87. The molecule has 2 atom stereocenters. The van der Waals surface area contributed by atoms with Crippen LogP contribution in [0.15, 0.2) is 12.2 Å². The van der Waals surface area contributed by atoms with Gasteiger partial charge in [0.05, 0.1) is 0 Å². The quantitative estimate of drug-likeness (QED) is 0.433. The molecule has 2 rings (SSSR count). The van der Waals surface area contributed by atoms with Crippen molar-refractivity contribution in [2.75, 3.05) is 6.54 Å². The molecule has 0 aromatic heterocycles. The first kappa shape index (κ1) is 3.67. The minimum atomic E-state index is 0.764. The number of nitrogens with one attached hydrogen (secondary N) is 1. The molecule has 2 aliphatic rings. The van der Waals surface area contributed by atoms with Gasteiger partial charge in [-0.15, -0.1) is 0 Å². The lowest BCUT2D eigenvalue weighted by Gasteiger charge is -2.31. The van der Waals surface area contributed by atoms with Crippen molar-refractivity contribution >= 4 is 0 Å². The molecule has 1 saturated heterocycles. The van der Waals surface area contributed by atoms with Gasteiger partial charge in [-0.1, -0.05) is 12.2 Å². The highest BCUT2D eigenvalue weighted by atomic mass is 15.0. The largest absolute Gasteiger partial charge is 0.310 e. The number of hydrogen-bond donors (Lipinski definition) is 1. The Labute approximate surface area is 43.4 Å². The summed E-state index contributed by atoms with van der Waals surface area (Å²) in [7, 11) is 0. The van der Waals surface area contributed by atoms with Crippen molar-refractivity contribution in [3.63, 3.8) is 0 Å². The van der Waals surface area contributed by atoms with Crippen molar-refractivity contribution in [1.82, 2.24) is 5.32 Å². The molecule has 1 nitrogen and oxygen atoms in total. The average molecular weight is 95.1 g/mol. The summed E-state index contributed by atoms with van der Waals surface area (Å²) >= 11 is 0. The zero-order chi connectivity index (χ0) is 4.69. The lowest BCUT2D eigenvalue weighted by Crippen LogP contribution is -2.49. The standard InChI is InChI=1S/C6H9N/c1-2-5-4-7-6(5)3-1/h1,3,5-7H,2,4H2. The number of fused-ring (bicyclic) bond motifs is 1. The molecule has 1 heterocycles. The Balaban J connectivity index is 2.14. The fraction of sp³-hybridized carbons (Fsp3) is 0.667. The fourth-order valence-electron chi connectivity index (χ4n) is 1.28. The van der Waals surface area contributed by atoms with E-state index in [2.05, 4.69) is 17.5 Å². The summed E-state index contributed by atoms with van der Waals surface area (Å²) in [5.74, 6) is 0.972. The van der Waals surface area contributed by atoms with Crippen molar-refractivity contribution in [1.29, 1.82) is 0 Å². The predicted octanol–water partition coefficient (Wildman–Crippen LogP) is 0.534. The maximum absolute atomic E-state index is 3.32. The highest BCUT2D eigenvalue weighted by Gasteiger charge is 2.29. The van der Waals surface area contributed by atoms with Crippen LogP contribution in [0.1, 0.15) is 6.42 Å². The van der Waals surface area contributed by atoms with Gasteiger partial charge in [-0.25, -0.2) is 0 Å².